The number of ether oxygens (including phenoxy) is 1. The van der Waals surface area contributed by atoms with Crippen LogP contribution in [0.3, 0.4) is 0 Å². The zero-order valence-electron chi connectivity index (χ0n) is 14.1. The summed E-state index contributed by atoms with van der Waals surface area (Å²) in [4.78, 5) is 34.0. The molecule has 1 aliphatic heterocycles. The molecule has 1 fully saturated rings. The highest BCUT2D eigenvalue weighted by Gasteiger charge is 2.25. The minimum absolute atomic E-state index is 0.0298. The van der Waals surface area contributed by atoms with Crippen LogP contribution in [0.2, 0.25) is 5.02 Å². The van der Waals surface area contributed by atoms with Crippen molar-refractivity contribution in [2.75, 3.05) is 19.7 Å². The van der Waals surface area contributed by atoms with Gasteiger partial charge in [-0.3, -0.25) is 14.6 Å². The van der Waals surface area contributed by atoms with Gasteiger partial charge in [0.25, 0.3) is 11.8 Å². The van der Waals surface area contributed by atoms with Gasteiger partial charge in [-0.25, -0.2) is 4.98 Å². The average Bonchev–Trinajstić information content (AvgIpc) is 2.68. The predicted molar refractivity (Wildman–Crippen MR) is 96.0 cm³/mol. The zero-order chi connectivity index (χ0) is 18.4. The van der Waals surface area contributed by atoms with Gasteiger partial charge >= 0.3 is 0 Å². The van der Waals surface area contributed by atoms with Gasteiger partial charge in [0.2, 0.25) is 0 Å². The van der Waals surface area contributed by atoms with Crippen molar-refractivity contribution in [2.24, 2.45) is 0 Å². The van der Waals surface area contributed by atoms with Crippen LogP contribution in [0.1, 0.15) is 23.3 Å². The number of aromatic nitrogens is 2. The molecule has 0 spiro atoms. The second-order valence-corrected chi connectivity index (χ2v) is 6.40. The topological polar surface area (TPSA) is 84.4 Å². The van der Waals surface area contributed by atoms with Gasteiger partial charge < -0.3 is 15.0 Å². The number of amides is 2. The van der Waals surface area contributed by atoms with Gasteiger partial charge in [-0.15, -0.1) is 0 Å². The Balaban J connectivity index is 1.41. The fourth-order valence-corrected chi connectivity index (χ4v) is 2.87. The second-order valence-electron chi connectivity index (χ2n) is 5.97. The molecule has 1 aromatic carbocycles. The Morgan fingerprint density at radius 3 is 2.58 bits per heavy atom. The van der Waals surface area contributed by atoms with Crippen LogP contribution in [0.15, 0.2) is 42.9 Å². The summed E-state index contributed by atoms with van der Waals surface area (Å²) >= 11 is 5.81. The van der Waals surface area contributed by atoms with Gasteiger partial charge in [-0.1, -0.05) is 11.6 Å². The van der Waals surface area contributed by atoms with Gasteiger partial charge in [-0.2, -0.15) is 0 Å². The van der Waals surface area contributed by atoms with Crippen molar-refractivity contribution in [3.8, 4) is 5.75 Å². The van der Waals surface area contributed by atoms with E-state index in [1.807, 2.05) is 0 Å². The van der Waals surface area contributed by atoms with Crippen LogP contribution in [-0.4, -0.2) is 52.4 Å². The van der Waals surface area contributed by atoms with Crippen molar-refractivity contribution in [3.63, 3.8) is 0 Å². The predicted octanol–water partition coefficient (Wildman–Crippen LogP) is 1.93. The smallest absolute Gasteiger partial charge is 0.274 e. The standard InChI is InChI=1S/C18H19ClN4O3/c19-13-1-3-15(4-2-13)26-12-17(24)22-14-5-9-23(10-6-14)18(25)16-11-20-7-8-21-16/h1-4,7-8,11,14H,5-6,9-10,12H2,(H,22,24). The first-order valence-electron chi connectivity index (χ1n) is 8.35. The van der Waals surface area contributed by atoms with Crippen molar-refractivity contribution < 1.29 is 14.3 Å². The van der Waals surface area contributed by atoms with E-state index in [0.717, 1.165) is 0 Å². The van der Waals surface area contributed by atoms with Crippen molar-refractivity contribution in [2.45, 2.75) is 18.9 Å². The van der Waals surface area contributed by atoms with E-state index in [1.165, 1.54) is 18.6 Å². The lowest BCUT2D eigenvalue weighted by Crippen LogP contribution is -2.47. The number of rotatable bonds is 5. The molecule has 3 rings (SSSR count). The molecule has 2 heterocycles. The molecule has 0 saturated carbocycles. The van der Waals surface area contributed by atoms with Crippen molar-refractivity contribution in [3.05, 3.63) is 53.6 Å². The Bertz CT molecular complexity index is 747. The normalized spacial score (nSPS) is 14.7. The highest BCUT2D eigenvalue weighted by Crippen LogP contribution is 2.16. The van der Waals surface area contributed by atoms with E-state index in [0.29, 0.717) is 42.4 Å². The molecule has 0 atom stereocenters. The first kappa shape index (κ1) is 18.1. The minimum Gasteiger partial charge on any atom is -0.484 e. The molecule has 1 aromatic heterocycles. The van der Waals surface area contributed by atoms with Gasteiger partial charge in [0.15, 0.2) is 6.61 Å². The van der Waals surface area contributed by atoms with Crippen LogP contribution in [0.25, 0.3) is 0 Å². The molecule has 2 amide bonds. The summed E-state index contributed by atoms with van der Waals surface area (Å²) in [6, 6.07) is 6.87. The molecule has 7 nitrogen and oxygen atoms in total. The molecule has 0 bridgehead atoms. The first-order valence-corrected chi connectivity index (χ1v) is 8.72. The Morgan fingerprint density at radius 2 is 1.92 bits per heavy atom. The van der Waals surface area contributed by atoms with Gasteiger partial charge in [-0.05, 0) is 37.1 Å². The summed E-state index contributed by atoms with van der Waals surface area (Å²) in [6.45, 7) is 1.08. The lowest BCUT2D eigenvalue weighted by atomic mass is 10.0. The highest BCUT2D eigenvalue weighted by molar-refractivity contribution is 6.30. The number of piperidine rings is 1. The Hall–Kier alpha value is -2.67. The molecule has 1 aliphatic rings. The van der Waals surface area contributed by atoms with E-state index < -0.39 is 0 Å². The zero-order valence-corrected chi connectivity index (χ0v) is 14.9. The SMILES string of the molecule is O=C(COc1ccc(Cl)cc1)NC1CCN(C(=O)c2cnccn2)CC1. The molecule has 26 heavy (non-hydrogen) atoms. The summed E-state index contributed by atoms with van der Waals surface area (Å²) in [7, 11) is 0. The fraction of sp³-hybridized carbons (Fsp3) is 0.333. The maximum absolute atomic E-state index is 12.3. The van der Waals surface area contributed by atoms with E-state index in [9.17, 15) is 9.59 Å². The lowest BCUT2D eigenvalue weighted by Gasteiger charge is -2.32. The number of hydrogen-bond acceptors (Lipinski definition) is 5. The van der Waals surface area contributed by atoms with E-state index in [2.05, 4.69) is 15.3 Å². The van der Waals surface area contributed by atoms with Crippen LogP contribution >= 0.6 is 11.6 Å². The number of nitrogens with one attached hydrogen (secondary N) is 1. The third kappa shape index (κ3) is 4.92. The number of nitrogens with zero attached hydrogens (tertiary/aromatic N) is 3. The molecule has 0 radical (unpaired) electrons. The monoisotopic (exact) mass is 374 g/mol. The van der Waals surface area contributed by atoms with Crippen LogP contribution in [0.4, 0.5) is 0 Å². The van der Waals surface area contributed by atoms with E-state index >= 15 is 0 Å². The molecule has 0 aliphatic carbocycles. The van der Waals surface area contributed by atoms with E-state index in [-0.39, 0.29) is 24.5 Å². The average molecular weight is 375 g/mol. The van der Waals surface area contributed by atoms with Crippen molar-refractivity contribution in [1.82, 2.24) is 20.2 Å². The molecule has 0 unspecified atom stereocenters. The largest absolute Gasteiger partial charge is 0.484 e. The number of hydrogen-bond donors (Lipinski definition) is 1. The summed E-state index contributed by atoms with van der Waals surface area (Å²) in [5.41, 5.74) is 0.339. The Morgan fingerprint density at radius 1 is 1.19 bits per heavy atom. The number of benzene rings is 1. The Labute approximate surface area is 156 Å². The number of carbonyl (C=O) groups is 2. The molecule has 8 heteroatoms. The van der Waals surface area contributed by atoms with Crippen molar-refractivity contribution in [1.29, 1.82) is 0 Å². The van der Waals surface area contributed by atoms with Gasteiger partial charge in [0.05, 0.1) is 6.20 Å². The summed E-state index contributed by atoms with van der Waals surface area (Å²) in [5, 5.41) is 3.56. The van der Waals surface area contributed by atoms with Crippen molar-refractivity contribution >= 4 is 23.4 Å². The van der Waals surface area contributed by atoms with Gasteiger partial charge in [0.1, 0.15) is 11.4 Å². The first-order chi connectivity index (χ1) is 12.6. The molecule has 1 saturated heterocycles. The molecular weight excluding hydrogens is 356 g/mol. The van der Waals surface area contributed by atoms with E-state index in [4.69, 9.17) is 16.3 Å². The lowest BCUT2D eigenvalue weighted by molar-refractivity contribution is -0.124. The Kier molecular flexibility index (Phi) is 6.01. The summed E-state index contributed by atoms with van der Waals surface area (Å²) in [5.74, 6) is 0.279. The highest BCUT2D eigenvalue weighted by atomic mass is 35.5. The molecule has 1 N–H and O–H groups in total. The van der Waals surface area contributed by atoms with Crippen LogP contribution in [-0.2, 0) is 4.79 Å². The summed E-state index contributed by atoms with van der Waals surface area (Å²) in [6.07, 6.45) is 5.88. The molecule has 136 valence electrons. The van der Waals surface area contributed by atoms with Crippen LogP contribution < -0.4 is 10.1 Å². The summed E-state index contributed by atoms with van der Waals surface area (Å²) < 4.78 is 5.43. The van der Waals surface area contributed by atoms with Crippen LogP contribution in [0.5, 0.6) is 5.75 Å². The second kappa shape index (κ2) is 8.62. The third-order valence-electron chi connectivity index (χ3n) is 4.11. The van der Waals surface area contributed by atoms with Gasteiger partial charge in [0, 0.05) is 36.5 Å². The number of likely N-dealkylation sites (tertiary alicyclic amines) is 1. The fourth-order valence-electron chi connectivity index (χ4n) is 2.75. The maximum Gasteiger partial charge on any atom is 0.274 e. The maximum atomic E-state index is 12.3. The number of halogens is 1. The molecular formula is C18H19ClN4O3. The molecule has 2 aromatic rings. The van der Waals surface area contributed by atoms with Crippen LogP contribution in [0, 0.1) is 0 Å². The number of carbonyl (C=O) groups excluding carboxylic acids is 2. The quantitative estimate of drug-likeness (QED) is 0.864. The van der Waals surface area contributed by atoms with E-state index in [1.54, 1.807) is 29.2 Å². The minimum atomic E-state index is -0.182. The third-order valence-corrected chi connectivity index (χ3v) is 4.37.